The number of aliphatic hydroxyl groups is 1. The number of ketones is 1. The zero-order valence-corrected chi connectivity index (χ0v) is 49.5. The average Bonchev–Trinajstić information content (AvgIpc) is 3.40. The van der Waals surface area contributed by atoms with E-state index in [9.17, 15) is 41.1 Å². The number of carbonyl (C=O) groups is 4. The molecule has 5 rings (SSSR count). The van der Waals surface area contributed by atoms with Crippen LogP contribution in [0.1, 0.15) is 102 Å². The first-order valence-electron chi connectivity index (χ1n) is 24.9. The van der Waals surface area contributed by atoms with Crippen molar-refractivity contribution in [2.24, 2.45) is 11.1 Å². The van der Waals surface area contributed by atoms with Gasteiger partial charge < -0.3 is 33.6 Å². The van der Waals surface area contributed by atoms with E-state index in [2.05, 4.69) is 55.7 Å². The van der Waals surface area contributed by atoms with Gasteiger partial charge in [-0.1, -0.05) is 75.0 Å². The van der Waals surface area contributed by atoms with Crippen molar-refractivity contribution in [1.82, 2.24) is 24.4 Å². The summed E-state index contributed by atoms with van der Waals surface area (Å²) in [5.41, 5.74) is 2.67. The number of carbonyl (C=O) groups excluding carboxylic acids is 4. The van der Waals surface area contributed by atoms with E-state index >= 15 is 0 Å². The maximum absolute atomic E-state index is 12.9. The summed E-state index contributed by atoms with van der Waals surface area (Å²) in [5, 5.41) is 18.3. The van der Waals surface area contributed by atoms with Crippen LogP contribution in [0.15, 0.2) is 87.7 Å². The Balaban J connectivity index is 0.000000418. The number of pyridine rings is 1. The quantitative estimate of drug-likeness (QED) is 0.0150. The number of nitrogens with zero attached hydrogens (tertiary/aromatic N) is 4. The Morgan fingerprint density at radius 3 is 2.27 bits per heavy atom. The molecule has 1 aliphatic rings. The van der Waals surface area contributed by atoms with Crippen molar-refractivity contribution in [3.63, 3.8) is 0 Å². The number of allylic oxidation sites excluding steroid dienone is 2. The molecule has 1 aliphatic carbocycles. The molecule has 4 aromatic rings. The van der Waals surface area contributed by atoms with E-state index in [0.29, 0.717) is 52.1 Å². The van der Waals surface area contributed by atoms with Gasteiger partial charge in [-0.15, -0.1) is 0 Å². The van der Waals surface area contributed by atoms with E-state index in [-0.39, 0.29) is 108 Å². The SMILES string of the molecule is CCCCCC(C)OC(=O)COc1ccc(Cl)c2cccnc12.CCSC(C)CC1CC(=O)C(/C(CC)=N/OC/C=C/Cl)=C(O)C1.COC(=O)c1ccc(CNS(C)(=O)=O)cc1S(=O)(=O)NC(=O)Nc1nc(OC)cc(OC)n1.[NaH]. The fraction of sp³-hybridized carbons (Fsp3) is 0.462. The van der Waals surface area contributed by atoms with Gasteiger partial charge in [0, 0.05) is 41.8 Å². The van der Waals surface area contributed by atoms with Crippen molar-refractivity contribution < 1.29 is 69.6 Å². The fourth-order valence-corrected chi connectivity index (χ4v) is 10.3. The van der Waals surface area contributed by atoms with Crippen LogP contribution in [-0.2, 0) is 50.5 Å². The molecule has 0 spiro atoms. The third kappa shape index (κ3) is 24.5. The third-order valence-corrected chi connectivity index (χ3v) is 14.7. The standard InChI is InChI=1S/C18H22ClNO3.C17H26ClNO3S.C17H21N5O9S2.Na.H/c1-3-4-5-7-13(2)23-17(21)12-22-16-10-9-15(19)14-8-6-11-20-18(14)16;1-4-14(19-22-8-6-7-18)17-15(20)10-13(11-16(17)21)9-12(3)23-5-2;1-29-13-8-14(30-2)20-16(19-13)21-17(24)22-33(27,28)12-7-10(9-18-32(4,25)26)5-6-11(12)15(23)31-3;;/h6,8-11,13H,3-5,7,12H2,1-2H3;6-7,12-13,20H,4-5,8-11H2,1-3H3;5-8,18H,9H2,1-4H3,(H2,19,20,21,22,24);;/b;7-6+,19-14+;;;. The summed E-state index contributed by atoms with van der Waals surface area (Å²) >= 11 is 13.4. The number of fused-ring (bicyclic) bond motifs is 1. The Hall–Kier alpha value is -5.25. The van der Waals surface area contributed by atoms with Gasteiger partial charge in [-0.3, -0.25) is 15.1 Å². The second-order valence-corrected chi connectivity index (χ2v) is 23.2. The van der Waals surface area contributed by atoms with Crippen molar-refractivity contribution in [2.45, 2.75) is 109 Å². The molecule has 0 aliphatic heterocycles. The van der Waals surface area contributed by atoms with Gasteiger partial charge in [0.25, 0.3) is 10.0 Å². The van der Waals surface area contributed by atoms with Crippen molar-refractivity contribution in [2.75, 3.05) is 51.9 Å². The van der Waals surface area contributed by atoms with Crippen molar-refractivity contribution in [1.29, 1.82) is 0 Å². The summed E-state index contributed by atoms with van der Waals surface area (Å²) < 4.78 is 77.7. The van der Waals surface area contributed by atoms with E-state index in [0.717, 1.165) is 68.7 Å². The Bertz CT molecular complexity index is 3010. The van der Waals surface area contributed by atoms with Crippen LogP contribution in [0.3, 0.4) is 0 Å². The van der Waals surface area contributed by atoms with Gasteiger partial charge >= 0.3 is 47.5 Å². The molecule has 436 valence electrons. The summed E-state index contributed by atoms with van der Waals surface area (Å²) in [4.78, 5) is 65.2. The van der Waals surface area contributed by atoms with E-state index in [1.807, 2.05) is 37.7 Å². The third-order valence-electron chi connectivity index (χ3n) is 11.1. The number of benzene rings is 2. The molecule has 0 saturated heterocycles. The summed E-state index contributed by atoms with van der Waals surface area (Å²) in [6.07, 6.45) is 10.8. The number of anilines is 1. The number of methoxy groups -OCH3 is 3. The van der Waals surface area contributed by atoms with Gasteiger partial charge in [0.2, 0.25) is 27.7 Å². The minimum atomic E-state index is -4.63. The topological polar surface area (TPSA) is 299 Å². The molecule has 0 bridgehead atoms. The van der Waals surface area contributed by atoms with Crippen LogP contribution < -0.4 is 29.0 Å². The molecule has 2 amide bonds. The molecule has 2 heterocycles. The molecule has 2 aromatic heterocycles. The predicted molar refractivity (Wildman–Crippen MR) is 311 cm³/mol. The van der Waals surface area contributed by atoms with Crippen molar-refractivity contribution in [3.8, 4) is 17.5 Å². The number of Topliss-reactive ketones (excluding diaryl/α,β-unsaturated/α-hetero) is 1. The number of ether oxygens (including phenoxy) is 5. The molecule has 4 N–H and O–H groups in total. The molecular weight excluding hydrogens is 1150 g/mol. The number of urea groups is 1. The number of esters is 2. The van der Waals surface area contributed by atoms with Crippen LogP contribution in [0.5, 0.6) is 17.5 Å². The van der Waals surface area contributed by atoms with Crippen LogP contribution in [-0.4, -0.2) is 154 Å². The molecule has 0 fully saturated rings. The number of rotatable bonds is 26. The van der Waals surface area contributed by atoms with Crippen LogP contribution in [0.2, 0.25) is 5.02 Å². The zero-order valence-electron chi connectivity index (χ0n) is 45.5. The normalized spacial score (nSPS) is 14.3. The molecular formula is C52H70Cl2N7NaO15S3. The number of hydrogen-bond donors (Lipinski definition) is 4. The van der Waals surface area contributed by atoms with Crippen LogP contribution in [0.25, 0.3) is 10.9 Å². The van der Waals surface area contributed by atoms with Crippen LogP contribution >= 0.6 is 35.0 Å². The molecule has 28 heteroatoms. The monoisotopic (exact) mass is 1220 g/mol. The summed E-state index contributed by atoms with van der Waals surface area (Å²) in [6.45, 7) is 10.1. The Morgan fingerprint density at radius 1 is 0.975 bits per heavy atom. The first-order chi connectivity index (χ1) is 37.5. The van der Waals surface area contributed by atoms with E-state index < -0.39 is 36.9 Å². The van der Waals surface area contributed by atoms with Crippen LogP contribution in [0.4, 0.5) is 10.7 Å². The fourth-order valence-electron chi connectivity index (χ4n) is 7.50. The molecule has 3 atom stereocenters. The van der Waals surface area contributed by atoms with Gasteiger partial charge in [-0.25, -0.2) is 40.7 Å². The molecule has 22 nitrogen and oxygen atoms in total. The molecule has 80 heavy (non-hydrogen) atoms. The van der Waals surface area contributed by atoms with Crippen molar-refractivity contribution in [3.05, 3.63) is 93.8 Å². The van der Waals surface area contributed by atoms with E-state index in [1.165, 1.54) is 31.9 Å². The number of unbranched alkanes of at least 4 members (excludes halogenated alkanes) is 2. The van der Waals surface area contributed by atoms with Gasteiger partial charge in [-0.05, 0) is 92.3 Å². The number of hydrogen-bond acceptors (Lipinski definition) is 20. The number of thioether (sulfide) groups is 1. The van der Waals surface area contributed by atoms with Crippen molar-refractivity contribution >= 4 is 131 Å². The summed E-state index contributed by atoms with van der Waals surface area (Å²) in [7, 11) is -4.53. The molecule has 0 radical (unpaired) electrons. The molecule has 0 saturated carbocycles. The predicted octanol–water partition coefficient (Wildman–Crippen LogP) is 8.81. The Labute approximate surface area is 504 Å². The van der Waals surface area contributed by atoms with Gasteiger partial charge in [0.05, 0.1) is 61.6 Å². The van der Waals surface area contributed by atoms with Gasteiger partial charge in [-0.2, -0.15) is 21.7 Å². The van der Waals surface area contributed by atoms with E-state index in [1.54, 1.807) is 29.1 Å². The number of sulfonamides is 2. The second kappa shape index (κ2) is 36.3. The van der Waals surface area contributed by atoms with Gasteiger partial charge in [0.15, 0.2) is 12.4 Å². The average molecular weight is 1220 g/mol. The second-order valence-electron chi connectivity index (χ2n) is 17.4. The number of aromatic nitrogens is 3. The first kappa shape index (κ1) is 70.9. The number of aliphatic hydroxyl groups excluding tert-OH is 1. The maximum atomic E-state index is 12.9. The zero-order chi connectivity index (χ0) is 58.7. The van der Waals surface area contributed by atoms with Crippen LogP contribution in [0, 0.1) is 5.92 Å². The minimum absolute atomic E-state index is 0. The number of amides is 2. The number of oxime groups is 1. The van der Waals surface area contributed by atoms with E-state index in [4.69, 9.17) is 47.0 Å². The number of nitrogens with one attached hydrogen (secondary N) is 3. The first-order valence-corrected chi connectivity index (χ1v) is 30.1. The molecule has 2 aromatic carbocycles. The summed E-state index contributed by atoms with van der Waals surface area (Å²) in [6, 6.07) is 10.7. The Kier molecular flexibility index (Phi) is 32.1. The Morgan fingerprint density at radius 2 is 1.68 bits per heavy atom. The van der Waals surface area contributed by atoms with Gasteiger partial charge in [0.1, 0.15) is 28.5 Å². The molecule has 3 unspecified atom stereocenters. The number of halogens is 2. The summed E-state index contributed by atoms with van der Waals surface area (Å²) in [5.74, 6) is 0.319.